The second kappa shape index (κ2) is 5.48. The minimum absolute atomic E-state index is 0.137. The fourth-order valence-corrected chi connectivity index (χ4v) is 3.16. The first kappa shape index (κ1) is 13.0. The quantitative estimate of drug-likeness (QED) is 0.440. The molecule has 0 N–H and O–H groups in total. The lowest BCUT2D eigenvalue weighted by Gasteiger charge is -2.09. The summed E-state index contributed by atoms with van der Waals surface area (Å²) < 4.78 is 0.835. The highest BCUT2D eigenvalue weighted by Gasteiger charge is 2.28. The first-order valence-electron chi connectivity index (χ1n) is 5.65. The van der Waals surface area contributed by atoms with Gasteiger partial charge in [-0.1, -0.05) is 37.9 Å². The molecule has 1 aromatic carbocycles. The number of benzene rings is 1. The van der Waals surface area contributed by atoms with Gasteiger partial charge in [0.05, 0.1) is 4.92 Å². The monoisotopic (exact) mass is 361 g/mol. The van der Waals surface area contributed by atoms with Crippen molar-refractivity contribution in [1.29, 1.82) is 0 Å². The molecule has 1 fully saturated rings. The predicted molar refractivity (Wildman–Crippen MR) is 74.6 cm³/mol. The number of nitro benzene ring substituents is 1. The zero-order valence-corrected chi connectivity index (χ0v) is 12.4. The van der Waals surface area contributed by atoms with E-state index in [0.717, 1.165) is 28.8 Å². The van der Waals surface area contributed by atoms with E-state index in [1.807, 2.05) is 6.07 Å². The molecule has 0 saturated heterocycles. The molecule has 0 radical (unpaired) electrons. The lowest BCUT2D eigenvalue weighted by Crippen LogP contribution is -2.02. The van der Waals surface area contributed by atoms with Crippen LogP contribution < -0.4 is 0 Å². The van der Waals surface area contributed by atoms with E-state index in [4.69, 9.17) is 0 Å². The Kier molecular flexibility index (Phi) is 4.20. The minimum Gasteiger partial charge on any atom is -0.258 e. The molecule has 17 heavy (non-hydrogen) atoms. The van der Waals surface area contributed by atoms with Gasteiger partial charge < -0.3 is 0 Å². The van der Waals surface area contributed by atoms with Crippen molar-refractivity contribution < 1.29 is 4.92 Å². The maximum absolute atomic E-state index is 10.6. The fourth-order valence-electron chi connectivity index (χ4n) is 1.84. The molecule has 0 aromatic heterocycles. The molecule has 2 rings (SSSR count). The molecule has 0 spiro atoms. The molecule has 1 aliphatic rings. The highest BCUT2D eigenvalue weighted by molar-refractivity contribution is 9.10. The van der Waals surface area contributed by atoms with E-state index in [0.29, 0.717) is 4.83 Å². The van der Waals surface area contributed by atoms with Crippen LogP contribution in [0.4, 0.5) is 5.69 Å². The number of hydrogen-bond donors (Lipinski definition) is 0. The van der Waals surface area contributed by atoms with Gasteiger partial charge in [-0.3, -0.25) is 10.1 Å². The lowest BCUT2D eigenvalue weighted by molar-refractivity contribution is -0.384. The molecule has 5 heteroatoms. The van der Waals surface area contributed by atoms with Gasteiger partial charge in [0.2, 0.25) is 0 Å². The molecular weight excluding hydrogens is 350 g/mol. The first-order chi connectivity index (χ1) is 8.08. The van der Waals surface area contributed by atoms with Crippen molar-refractivity contribution in [3.8, 4) is 0 Å². The Morgan fingerprint density at radius 2 is 2.18 bits per heavy atom. The van der Waals surface area contributed by atoms with Gasteiger partial charge in [0.25, 0.3) is 5.69 Å². The Balaban J connectivity index is 1.98. The van der Waals surface area contributed by atoms with Gasteiger partial charge in [0.15, 0.2) is 0 Å². The summed E-state index contributed by atoms with van der Waals surface area (Å²) in [5.41, 5.74) is 1.28. The second-order valence-corrected chi connectivity index (χ2v) is 6.46. The number of halogens is 2. The molecule has 1 aliphatic carbocycles. The molecule has 1 aromatic rings. The molecule has 1 saturated carbocycles. The zero-order chi connectivity index (χ0) is 12.4. The van der Waals surface area contributed by atoms with Crippen LogP contribution in [0.25, 0.3) is 0 Å². The molecule has 1 atom stereocenters. The summed E-state index contributed by atoms with van der Waals surface area (Å²) in [6.07, 6.45) is 4.70. The molecule has 1 unspecified atom stereocenters. The van der Waals surface area contributed by atoms with Crippen molar-refractivity contribution in [3.63, 3.8) is 0 Å². The van der Waals surface area contributed by atoms with Crippen LogP contribution in [0, 0.1) is 16.0 Å². The van der Waals surface area contributed by atoms with Crippen LogP contribution in [-0.2, 0) is 6.42 Å². The number of non-ortho nitro benzene ring substituents is 1. The average Bonchev–Trinajstić information content (AvgIpc) is 3.10. The van der Waals surface area contributed by atoms with Gasteiger partial charge in [-0.25, -0.2) is 0 Å². The van der Waals surface area contributed by atoms with Crippen LogP contribution in [0.15, 0.2) is 22.7 Å². The molecule has 0 aliphatic heterocycles. The van der Waals surface area contributed by atoms with Crippen molar-refractivity contribution in [3.05, 3.63) is 38.3 Å². The van der Waals surface area contributed by atoms with Gasteiger partial charge in [-0.2, -0.15) is 0 Å². The van der Waals surface area contributed by atoms with Crippen molar-refractivity contribution >= 4 is 37.5 Å². The highest BCUT2D eigenvalue weighted by Crippen LogP contribution is 2.39. The standard InChI is InChI=1S/C12H13Br2NO2/c13-11(8-1-2-8)6-4-9-3-5-10(15(16)17)7-12(9)14/h3,5,7-8,11H,1-2,4,6H2. The smallest absolute Gasteiger partial charge is 0.258 e. The van der Waals surface area contributed by atoms with Gasteiger partial charge in [0, 0.05) is 21.4 Å². The molecule has 3 nitrogen and oxygen atoms in total. The largest absolute Gasteiger partial charge is 0.270 e. The number of aryl methyl sites for hydroxylation is 1. The Morgan fingerprint density at radius 3 is 2.71 bits per heavy atom. The highest BCUT2D eigenvalue weighted by atomic mass is 79.9. The zero-order valence-electron chi connectivity index (χ0n) is 9.23. The Bertz CT molecular complexity index is 433. The van der Waals surface area contributed by atoms with E-state index >= 15 is 0 Å². The third-order valence-corrected chi connectivity index (χ3v) is 5.01. The van der Waals surface area contributed by atoms with Crippen LogP contribution >= 0.6 is 31.9 Å². The molecule has 92 valence electrons. The van der Waals surface area contributed by atoms with Crippen LogP contribution in [0.5, 0.6) is 0 Å². The molecule has 0 bridgehead atoms. The minimum atomic E-state index is -0.369. The van der Waals surface area contributed by atoms with E-state index in [-0.39, 0.29) is 10.6 Å². The number of nitro groups is 1. The normalized spacial score (nSPS) is 16.8. The Labute approximate surface area is 117 Å². The van der Waals surface area contributed by atoms with Crippen molar-refractivity contribution in [1.82, 2.24) is 0 Å². The Morgan fingerprint density at radius 1 is 1.47 bits per heavy atom. The van der Waals surface area contributed by atoms with E-state index in [2.05, 4.69) is 31.9 Å². The van der Waals surface area contributed by atoms with Crippen molar-refractivity contribution in [2.45, 2.75) is 30.5 Å². The van der Waals surface area contributed by atoms with E-state index in [1.54, 1.807) is 12.1 Å². The Hall–Kier alpha value is -0.420. The van der Waals surface area contributed by atoms with Gasteiger partial charge >= 0.3 is 0 Å². The third kappa shape index (κ3) is 3.52. The van der Waals surface area contributed by atoms with Gasteiger partial charge in [-0.15, -0.1) is 0 Å². The number of hydrogen-bond acceptors (Lipinski definition) is 2. The lowest BCUT2D eigenvalue weighted by atomic mass is 10.1. The summed E-state index contributed by atoms with van der Waals surface area (Å²) in [5, 5.41) is 10.6. The SMILES string of the molecule is O=[N+]([O-])c1ccc(CCC(Br)C2CC2)c(Br)c1. The van der Waals surface area contributed by atoms with Gasteiger partial charge in [-0.05, 0) is 37.2 Å². The number of nitrogens with zero attached hydrogens (tertiary/aromatic N) is 1. The summed E-state index contributed by atoms with van der Waals surface area (Å²) in [7, 11) is 0. The maximum Gasteiger partial charge on any atom is 0.270 e. The summed E-state index contributed by atoms with van der Waals surface area (Å²) in [5.74, 6) is 0.840. The van der Waals surface area contributed by atoms with E-state index in [1.165, 1.54) is 12.8 Å². The predicted octanol–water partition coefficient (Wildman–Crippen LogP) is 4.46. The third-order valence-electron chi connectivity index (χ3n) is 3.07. The van der Waals surface area contributed by atoms with E-state index in [9.17, 15) is 10.1 Å². The van der Waals surface area contributed by atoms with Crippen LogP contribution in [0.3, 0.4) is 0 Å². The summed E-state index contributed by atoms with van der Waals surface area (Å²) >= 11 is 7.10. The number of rotatable bonds is 5. The van der Waals surface area contributed by atoms with Crippen LogP contribution in [0.2, 0.25) is 0 Å². The summed E-state index contributed by atoms with van der Waals surface area (Å²) in [6, 6.07) is 4.99. The van der Waals surface area contributed by atoms with Crippen molar-refractivity contribution in [2.75, 3.05) is 0 Å². The van der Waals surface area contributed by atoms with Crippen LogP contribution in [-0.4, -0.2) is 9.75 Å². The maximum atomic E-state index is 10.6. The fraction of sp³-hybridized carbons (Fsp3) is 0.500. The molecule has 0 amide bonds. The molecule has 0 heterocycles. The molecular formula is C12H13Br2NO2. The number of alkyl halides is 1. The van der Waals surface area contributed by atoms with Crippen LogP contribution in [0.1, 0.15) is 24.8 Å². The van der Waals surface area contributed by atoms with E-state index < -0.39 is 0 Å². The summed E-state index contributed by atoms with van der Waals surface area (Å²) in [6.45, 7) is 0. The first-order valence-corrected chi connectivity index (χ1v) is 7.35. The topological polar surface area (TPSA) is 43.1 Å². The average molecular weight is 363 g/mol. The van der Waals surface area contributed by atoms with Gasteiger partial charge in [0.1, 0.15) is 0 Å². The van der Waals surface area contributed by atoms with Crippen molar-refractivity contribution in [2.24, 2.45) is 5.92 Å². The second-order valence-electron chi connectivity index (χ2n) is 4.42. The summed E-state index contributed by atoms with van der Waals surface area (Å²) in [4.78, 5) is 10.8.